The zero-order valence-electron chi connectivity index (χ0n) is 35.4. The van der Waals surface area contributed by atoms with Crippen LogP contribution in [0.4, 0.5) is 27.0 Å². The maximum absolute atomic E-state index is 14.4. The molecule has 4 bridgehead atoms. The number of benzene rings is 1. The average molecular weight is 840 g/mol. The van der Waals surface area contributed by atoms with Crippen molar-refractivity contribution in [2.75, 3.05) is 56.7 Å². The Bertz CT molecular complexity index is 2340. The van der Waals surface area contributed by atoms with Gasteiger partial charge >= 0.3 is 5.97 Å². The van der Waals surface area contributed by atoms with Crippen molar-refractivity contribution in [1.29, 1.82) is 0 Å². The maximum Gasteiger partial charge on any atom is 0.355 e. The summed E-state index contributed by atoms with van der Waals surface area (Å²) in [4.78, 5) is 31.4. The van der Waals surface area contributed by atoms with E-state index in [9.17, 15) is 19.4 Å². The highest BCUT2D eigenvalue weighted by Crippen LogP contribution is 2.66. The largest absolute Gasteiger partial charge is 0.476 e. The van der Waals surface area contributed by atoms with Gasteiger partial charge < -0.3 is 35.8 Å². The quantitative estimate of drug-likeness (QED) is 0.0853. The number of nitrogens with two attached hydrogens (primary N) is 1. The number of anilines is 4. The van der Waals surface area contributed by atoms with E-state index in [4.69, 9.17) is 20.4 Å². The second-order valence-corrected chi connectivity index (χ2v) is 19.5. The fraction of sp³-hybridized carbons (Fsp3) is 0.556. The van der Waals surface area contributed by atoms with Crippen molar-refractivity contribution in [3.63, 3.8) is 0 Å². The van der Waals surface area contributed by atoms with E-state index in [1.807, 2.05) is 24.8 Å². The SMILES string of the molecule is CC(=NCC1CC2(C)CC3(C)CC1CC(OCCN(C)CCCO)(C2)C3)C(=CN)c1ccc(N2CCCc3c2nnc(Nc2nc4cccc(F)c4s2)c3C)nc1C(=O)O. The zero-order chi connectivity index (χ0) is 42.4. The lowest BCUT2D eigenvalue weighted by Crippen LogP contribution is -2.52. The number of ether oxygens (including phenoxy) is 1. The van der Waals surface area contributed by atoms with E-state index in [1.54, 1.807) is 18.2 Å². The van der Waals surface area contributed by atoms with Crippen molar-refractivity contribution in [2.45, 2.75) is 91.1 Å². The number of fused-ring (bicyclic) bond motifs is 3. The number of aliphatic hydroxyl groups is 1. The van der Waals surface area contributed by atoms with E-state index in [1.165, 1.54) is 36.4 Å². The van der Waals surface area contributed by atoms with Crippen LogP contribution in [0.1, 0.15) is 99.3 Å². The molecule has 3 aromatic heterocycles. The molecule has 5 aliphatic rings. The number of aliphatic hydroxyl groups excluding tert-OH is 1. The lowest BCUT2D eigenvalue weighted by Gasteiger charge is -2.56. The summed E-state index contributed by atoms with van der Waals surface area (Å²) < 4.78 is 21.7. The molecule has 9 rings (SSSR count). The zero-order valence-corrected chi connectivity index (χ0v) is 36.2. The van der Waals surface area contributed by atoms with Gasteiger partial charge in [0.05, 0.1) is 22.4 Å². The molecule has 1 aromatic carbocycles. The third kappa shape index (κ3) is 8.37. The number of aromatic carboxylic acids is 1. The van der Waals surface area contributed by atoms with Gasteiger partial charge in [0.15, 0.2) is 22.5 Å². The molecule has 4 aliphatic carbocycles. The number of aromatic nitrogens is 4. The predicted octanol–water partition coefficient (Wildman–Crippen LogP) is 7.91. The summed E-state index contributed by atoms with van der Waals surface area (Å²) in [5.74, 6) is 1.00. The van der Waals surface area contributed by atoms with E-state index >= 15 is 0 Å². The molecule has 0 radical (unpaired) electrons. The number of nitrogens with zero attached hydrogens (tertiary/aromatic N) is 7. The first-order valence-electron chi connectivity index (χ1n) is 21.3. The summed E-state index contributed by atoms with van der Waals surface area (Å²) in [6.07, 6.45) is 10.4. The van der Waals surface area contributed by atoms with Crippen LogP contribution in [0.3, 0.4) is 0 Å². The smallest absolute Gasteiger partial charge is 0.355 e. The number of aliphatic imine (C=N–C) groups is 1. The number of allylic oxidation sites excluding steroid dienone is 1. The van der Waals surface area contributed by atoms with Gasteiger partial charge in [-0.1, -0.05) is 31.3 Å². The molecular weight excluding hydrogens is 782 g/mol. The number of carbonyl (C=O) groups is 1. The molecule has 0 saturated heterocycles. The standard InChI is InChI=1S/C45H58FN9O4S/c1-27-31-9-7-15-55(40(31)53-52-39(27)51-42-49-35-11-6-10-34(46)38(35)60-42)36-13-12-32(37(50-36)41(57)58)33(22-47)28(2)48-23-30-20-44(4)24-43(3)19-29(30)21-45(25-43,26-44)59-18-16-54(5)14-8-17-56/h6,10-13,22,29-30,56H,7-9,14-21,23-26,47H2,1-5H3,(H,57,58)(H,49,51,52). The number of carboxylic acid groups (broad SMARTS) is 1. The Morgan fingerprint density at radius 1 is 1.13 bits per heavy atom. The summed E-state index contributed by atoms with van der Waals surface area (Å²) in [6.45, 7) is 12.6. The molecule has 5 unspecified atom stereocenters. The second kappa shape index (κ2) is 16.7. The first kappa shape index (κ1) is 42.1. The van der Waals surface area contributed by atoms with Crippen molar-refractivity contribution in [1.82, 2.24) is 25.1 Å². The molecule has 1 aliphatic heterocycles. The van der Waals surface area contributed by atoms with E-state index < -0.39 is 5.97 Å². The Balaban J connectivity index is 0.994. The van der Waals surface area contributed by atoms with Gasteiger partial charge in [0.25, 0.3) is 0 Å². The third-order valence-corrected chi connectivity index (χ3v) is 14.5. The van der Waals surface area contributed by atoms with Crippen LogP contribution in [-0.2, 0) is 11.2 Å². The third-order valence-electron chi connectivity index (χ3n) is 13.5. The second-order valence-electron chi connectivity index (χ2n) is 18.5. The van der Waals surface area contributed by atoms with Crippen LogP contribution in [0.25, 0.3) is 15.8 Å². The first-order valence-corrected chi connectivity index (χ1v) is 22.1. The van der Waals surface area contributed by atoms with Crippen LogP contribution in [0.15, 0.2) is 41.5 Å². The van der Waals surface area contributed by atoms with Crippen LogP contribution in [0.5, 0.6) is 0 Å². The molecule has 4 heterocycles. The number of hydrogen-bond donors (Lipinski definition) is 4. The van der Waals surface area contributed by atoms with Gasteiger partial charge in [-0.25, -0.2) is 19.2 Å². The minimum atomic E-state index is -1.16. The Kier molecular flexibility index (Phi) is 11.7. The van der Waals surface area contributed by atoms with Crippen molar-refractivity contribution in [3.8, 4) is 0 Å². The minimum absolute atomic E-state index is 0.108. The maximum atomic E-state index is 14.4. The Morgan fingerprint density at radius 2 is 1.93 bits per heavy atom. The van der Waals surface area contributed by atoms with Crippen LogP contribution < -0.4 is 16.0 Å². The lowest BCUT2D eigenvalue weighted by atomic mass is 9.53. The van der Waals surface area contributed by atoms with E-state index in [2.05, 4.69) is 46.3 Å². The summed E-state index contributed by atoms with van der Waals surface area (Å²) in [5.41, 5.74) is 10.5. The van der Waals surface area contributed by atoms with Crippen LogP contribution in [0.2, 0.25) is 0 Å². The van der Waals surface area contributed by atoms with Gasteiger partial charge in [-0.2, -0.15) is 0 Å². The van der Waals surface area contributed by atoms with Crippen LogP contribution in [0, 0.1) is 35.4 Å². The van der Waals surface area contributed by atoms with E-state index in [0.717, 1.165) is 69.2 Å². The molecule has 15 heteroatoms. The highest BCUT2D eigenvalue weighted by Gasteiger charge is 2.60. The lowest BCUT2D eigenvalue weighted by molar-refractivity contribution is -0.165. The molecule has 13 nitrogen and oxygen atoms in total. The molecule has 0 spiro atoms. The van der Waals surface area contributed by atoms with Gasteiger partial charge in [-0.3, -0.25) is 4.99 Å². The summed E-state index contributed by atoms with van der Waals surface area (Å²) in [6, 6.07) is 8.42. The molecular formula is C45H58FN9O4S. The van der Waals surface area contributed by atoms with Crippen molar-refractivity contribution in [2.24, 2.45) is 33.4 Å². The number of rotatable bonds is 15. The number of hydrogen-bond acceptors (Lipinski definition) is 13. The number of pyridine rings is 1. The summed E-state index contributed by atoms with van der Waals surface area (Å²) in [5, 5.41) is 32.6. The molecule has 5 atom stereocenters. The molecule has 60 heavy (non-hydrogen) atoms. The van der Waals surface area contributed by atoms with Gasteiger partial charge in [0.1, 0.15) is 11.6 Å². The van der Waals surface area contributed by atoms with Gasteiger partial charge in [0, 0.05) is 67.0 Å². The Labute approximate surface area is 355 Å². The molecule has 320 valence electrons. The number of thiazole rings is 1. The van der Waals surface area contributed by atoms with Crippen molar-refractivity contribution in [3.05, 3.63) is 64.7 Å². The topological polar surface area (TPSA) is 175 Å². The van der Waals surface area contributed by atoms with Gasteiger partial charge in [-0.05, 0) is 126 Å². The fourth-order valence-corrected chi connectivity index (χ4v) is 12.4. The number of halogens is 1. The van der Waals surface area contributed by atoms with Crippen molar-refractivity contribution < 1.29 is 24.1 Å². The van der Waals surface area contributed by atoms with Gasteiger partial charge in [-0.15, -0.1) is 10.2 Å². The monoisotopic (exact) mass is 839 g/mol. The number of carboxylic acids is 1. The van der Waals surface area contributed by atoms with E-state index in [0.29, 0.717) is 81.2 Å². The highest BCUT2D eigenvalue weighted by atomic mass is 32.1. The predicted molar refractivity (Wildman–Crippen MR) is 235 cm³/mol. The van der Waals surface area contributed by atoms with Crippen LogP contribution >= 0.6 is 11.3 Å². The number of likely N-dealkylation sites (N-methyl/N-ethyl adjacent to an activating group) is 1. The summed E-state index contributed by atoms with van der Waals surface area (Å²) in [7, 11) is 2.09. The minimum Gasteiger partial charge on any atom is -0.476 e. The summed E-state index contributed by atoms with van der Waals surface area (Å²) >= 11 is 1.22. The molecule has 4 fully saturated rings. The molecule has 5 N–H and O–H groups in total. The normalized spacial score (nSPS) is 26.5. The van der Waals surface area contributed by atoms with Gasteiger partial charge in [0.2, 0.25) is 0 Å². The van der Waals surface area contributed by atoms with Crippen LogP contribution in [-0.4, -0.2) is 99.0 Å². The highest BCUT2D eigenvalue weighted by molar-refractivity contribution is 7.22. The molecule has 4 saturated carbocycles. The fourth-order valence-electron chi connectivity index (χ4n) is 11.5. The first-order chi connectivity index (χ1) is 28.7. The Morgan fingerprint density at radius 3 is 2.68 bits per heavy atom. The Hall–Kier alpha value is -4.57. The van der Waals surface area contributed by atoms with E-state index in [-0.39, 0.29) is 34.5 Å². The molecule has 4 aromatic rings. The number of nitrogens with one attached hydrogen (secondary N) is 1. The average Bonchev–Trinajstić information content (AvgIpc) is 3.57. The molecule has 0 amide bonds. The van der Waals surface area contributed by atoms with Crippen molar-refractivity contribution >= 4 is 61.4 Å².